The number of aromatic nitrogens is 1. The van der Waals surface area contributed by atoms with Gasteiger partial charge >= 0.3 is 5.97 Å². The number of carboxylic acids is 1. The average Bonchev–Trinajstić information content (AvgIpc) is 2.49. The number of rotatable bonds is 6. The summed E-state index contributed by atoms with van der Waals surface area (Å²) in [6.45, 7) is 2.09. The smallest absolute Gasteiger partial charge is 0.310 e. The Hall–Kier alpha value is -2.16. The van der Waals surface area contributed by atoms with E-state index in [1.807, 2.05) is 42.6 Å². The van der Waals surface area contributed by atoms with Crippen molar-refractivity contribution in [2.45, 2.75) is 32.1 Å². The van der Waals surface area contributed by atoms with Crippen molar-refractivity contribution in [2.75, 3.05) is 0 Å². The molecule has 0 bridgehead atoms. The fourth-order valence-corrected chi connectivity index (χ4v) is 2.22. The molecule has 1 atom stereocenters. The molecule has 1 heterocycles. The molecule has 1 N–H and O–H groups in total. The van der Waals surface area contributed by atoms with E-state index in [9.17, 15) is 9.90 Å². The molecule has 0 saturated heterocycles. The average molecular weight is 269 g/mol. The fraction of sp³-hybridized carbons (Fsp3) is 0.294. The van der Waals surface area contributed by atoms with Crippen molar-refractivity contribution >= 4 is 5.97 Å². The van der Waals surface area contributed by atoms with Crippen LogP contribution in [0.2, 0.25) is 0 Å². The van der Waals surface area contributed by atoms with E-state index in [1.54, 1.807) is 0 Å². The highest BCUT2D eigenvalue weighted by Gasteiger charge is 2.19. The van der Waals surface area contributed by atoms with E-state index in [1.165, 1.54) is 5.56 Å². The minimum Gasteiger partial charge on any atom is -0.481 e. The minimum absolute atomic E-state index is 0.469. The van der Waals surface area contributed by atoms with Crippen molar-refractivity contribution < 1.29 is 9.90 Å². The molecule has 104 valence electrons. The van der Waals surface area contributed by atoms with E-state index < -0.39 is 11.9 Å². The number of benzene rings is 1. The maximum Gasteiger partial charge on any atom is 0.310 e. The Bertz CT molecular complexity index is 549. The molecule has 3 heteroatoms. The predicted octanol–water partition coefficient (Wildman–Crippen LogP) is 3.45. The Labute approximate surface area is 119 Å². The van der Waals surface area contributed by atoms with Crippen LogP contribution < -0.4 is 0 Å². The lowest BCUT2D eigenvalue weighted by Crippen LogP contribution is -2.12. The molecule has 0 radical (unpaired) electrons. The number of hydrogen-bond donors (Lipinski definition) is 1. The topological polar surface area (TPSA) is 50.2 Å². The Morgan fingerprint density at radius 2 is 1.95 bits per heavy atom. The largest absolute Gasteiger partial charge is 0.481 e. The Balaban J connectivity index is 2.04. The molecule has 0 aliphatic heterocycles. The van der Waals surface area contributed by atoms with Crippen molar-refractivity contribution in [1.29, 1.82) is 0 Å². The van der Waals surface area contributed by atoms with Crippen LogP contribution in [0.25, 0.3) is 0 Å². The molecule has 0 fully saturated rings. The van der Waals surface area contributed by atoms with Gasteiger partial charge in [-0.2, -0.15) is 0 Å². The summed E-state index contributed by atoms with van der Waals surface area (Å²) < 4.78 is 0. The first-order valence-corrected chi connectivity index (χ1v) is 6.92. The van der Waals surface area contributed by atoms with Gasteiger partial charge in [0.2, 0.25) is 0 Å². The second kappa shape index (κ2) is 6.85. The monoisotopic (exact) mass is 269 g/mol. The number of aryl methyl sites for hydroxylation is 2. The van der Waals surface area contributed by atoms with Gasteiger partial charge in [0.25, 0.3) is 0 Å². The lowest BCUT2D eigenvalue weighted by Gasteiger charge is -2.12. The molecule has 2 aromatic rings. The molecule has 0 saturated carbocycles. The highest BCUT2D eigenvalue weighted by Crippen LogP contribution is 2.21. The van der Waals surface area contributed by atoms with E-state index in [4.69, 9.17) is 0 Å². The third-order valence-electron chi connectivity index (χ3n) is 3.48. The second-order valence-electron chi connectivity index (χ2n) is 4.85. The van der Waals surface area contributed by atoms with Gasteiger partial charge in [-0.3, -0.25) is 9.78 Å². The van der Waals surface area contributed by atoms with Crippen molar-refractivity contribution in [1.82, 2.24) is 4.98 Å². The Morgan fingerprint density at radius 1 is 1.20 bits per heavy atom. The normalized spacial score (nSPS) is 12.1. The van der Waals surface area contributed by atoms with Gasteiger partial charge in [0, 0.05) is 11.9 Å². The molecule has 0 aliphatic carbocycles. The molecule has 0 spiro atoms. The summed E-state index contributed by atoms with van der Waals surface area (Å²) in [5.74, 6) is -1.25. The SMILES string of the molecule is CCc1ccc(CCC(C(=O)O)c2ccccc2)nc1. The number of aliphatic carboxylic acids is 1. The molecule has 3 nitrogen and oxygen atoms in total. The number of carbonyl (C=O) groups is 1. The van der Waals surface area contributed by atoms with Crippen molar-refractivity contribution in [2.24, 2.45) is 0 Å². The summed E-state index contributed by atoms with van der Waals surface area (Å²) in [6, 6.07) is 13.4. The lowest BCUT2D eigenvalue weighted by molar-refractivity contribution is -0.138. The number of carboxylic acid groups (broad SMARTS) is 1. The van der Waals surface area contributed by atoms with Gasteiger partial charge in [-0.1, -0.05) is 43.3 Å². The zero-order valence-electron chi connectivity index (χ0n) is 11.6. The van der Waals surface area contributed by atoms with Crippen LogP contribution >= 0.6 is 0 Å². The van der Waals surface area contributed by atoms with Crippen LogP contribution in [0, 0.1) is 0 Å². The van der Waals surface area contributed by atoms with E-state index in [0.717, 1.165) is 17.7 Å². The van der Waals surface area contributed by atoms with E-state index >= 15 is 0 Å². The van der Waals surface area contributed by atoms with Crippen LogP contribution in [-0.4, -0.2) is 16.1 Å². The predicted molar refractivity (Wildman–Crippen MR) is 78.8 cm³/mol. The standard InChI is InChI=1S/C17H19NO2/c1-2-13-8-9-15(18-12-13)10-11-16(17(19)20)14-6-4-3-5-7-14/h3-9,12,16H,2,10-11H2,1H3,(H,19,20). The highest BCUT2D eigenvalue weighted by molar-refractivity contribution is 5.76. The van der Waals surface area contributed by atoms with Gasteiger partial charge in [-0.25, -0.2) is 0 Å². The first-order chi connectivity index (χ1) is 9.70. The zero-order chi connectivity index (χ0) is 14.4. The van der Waals surface area contributed by atoms with Crippen LogP contribution in [0.15, 0.2) is 48.7 Å². The number of pyridine rings is 1. The first kappa shape index (κ1) is 14.3. The summed E-state index contributed by atoms with van der Waals surface area (Å²) in [5.41, 5.74) is 3.00. The zero-order valence-corrected chi connectivity index (χ0v) is 11.6. The summed E-state index contributed by atoms with van der Waals surface area (Å²) in [5, 5.41) is 9.37. The van der Waals surface area contributed by atoms with E-state index in [2.05, 4.69) is 18.0 Å². The molecule has 1 aromatic heterocycles. The van der Waals surface area contributed by atoms with E-state index in [0.29, 0.717) is 12.8 Å². The summed E-state index contributed by atoms with van der Waals surface area (Å²) in [6.07, 6.45) is 4.08. The van der Waals surface area contributed by atoms with Crippen LogP contribution in [0.4, 0.5) is 0 Å². The Kier molecular flexibility index (Phi) is 4.88. The molecular formula is C17H19NO2. The molecular weight excluding hydrogens is 250 g/mol. The molecule has 0 amide bonds. The number of nitrogens with zero attached hydrogens (tertiary/aromatic N) is 1. The first-order valence-electron chi connectivity index (χ1n) is 6.92. The van der Waals surface area contributed by atoms with Gasteiger partial charge < -0.3 is 5.11 Å². The second-order valence-corrected chi connectivity index (χ2v) is 4.85. The summed E-state index contributed by atoms with van der Waals surface area (Å²) >= 11 is 0. The van der Waals surface area contributed by atoms with Crippen molar-refractivity contribution in [3.8, 4) is 0 Å². The quantitative estimate of drug-likeness (QED) is 0.874. The lowest BCUT2D eigenvalue weighted by atomic mass is 9.93. The maximum atomic E-state index is 11.4. The van der Waals surface area contributed by atoms with Crippen LogP contribution in [0.1, 0.15) is 36.1 Å². The molecule has 20 heavy (non-hydrogen) atoms. The maximum absolute atomic E-state index is 11.4. The molecule has 1 unspecified atom stereocenters. The van der Waals surface area contributed by atoms with Gasteiger partial charge in [0.05, 0.1) is 5.92 Å². The number of hydrogen-bond acceptors (Lipinski definition) is 2. The van der Waals surface area contributed by atoms with Crippen molar-refractivity contribution in [3.05, 3.63) is 65.5 Å². The summed E-state index contributed by atoms with van der Waals surface area (Å²) in [4.78, 5) is 15.8. The van der Waals surface area contributed by atoms with Crippen LogP contribution in [0.5, 0.6) is 0 Å². The minimum atomic E-state index is -0.777. The van der Waals surface area contributed by atoms with Crippen LogP contribution in [-0.2, 0) is 17.6 Å². The van der Waals surface area contributed by atoms with Crippen LogP contribution in [0.3, 0.4) is 0 Å². The molecule has 2 rings (SSSR count). The highest BCUT2D eigenvalue weighted by atomic mass is 16.4. The third-order valence-corrected chi connectivity index (χ3v) is 3.48. The Morgan fingerprint density at radius 3 is 2.50 bits per heavy atom. The molecule has 0 aliphatic rings. The van der Waals surface area contributed by atoms with Crippen molar-refractivity contribution in [3.63, 3.8) is 0 Å². The van der Waals surface area contributed by atoms with E-state index in [-0.39, 0.29) is 0 Å². The fourth-order valence-electron chi connectivity index (χ4n) is 2.22. The third kappa shape index (κ3) is 3.67. The van der Waals surface area contributed by atoms with Gasteiger partial charge in [-0.15, -0.1) is 0 Å². The van der Waals surface area contributed by atoms with Gasteiger partial charge in [0.15, 0.2) is 0 Å². The summed E-state index contributed by atoms with van der Waals surface area (Å²) in [7, 11) is 0. The van der Waals surface area contributed by atoms with Gasteiger partial charge in [0.1, 0.15) is 0 Å². The van der Waals surface area contributed by atoms with Gasteiger partial charge in [-0.05, 0) is 36.5 Å². The molecule has 1 aromatic carbocycles.